The second-order valence-corrected chi connectivity index (χ2v) is 6.32. The Bertz CT molecular complexity index is 687. The first-order valence-electron chi connectivity index (χ1n) is 9.09. The van der Waals surface area contributed by atoms with Gasteiger partial charge in [0, 0.05) is 13.1 Å². The lowest BCUT2D eigenvalue weighted by Gasteiger charge is -2.17. The van der Waals surface area contributed by atoms with Gasteiger partial charge < -0.3 is 20.5 Å². The highest BCUT2D eigenvalue weighted by Gasteiger charge is 2.10. The zero-order chi connectivity index (χ0) is 18.8. The second-order valence-electron chi connectivity index (χ2n) is 6.32. The van der Waals surface area contributed by atoms with E-state index < -0.39 is 6.10 Å². The number of guanidine groups is 1. The molecule has 5 nitrogen and oxygen atoms in total. The van der Waals surface area contributed by atoms with Gasteiger partial charge in [0.1, 0.15) is 5.75 Å². The predicted octanol–water partition coefficient (Wildman–Crippen LogP) is 3.26. The fraction of sp³-hybridized carbons (Fsp3) is 0.381. The SMILES string of the molecule is CCNC(=NCc1ccccc1)NCC(O)c1cccc(OC(C)C)c1. The van der Waals surface area contributed by atoms with Gasteiger partial charge in [0.2, 0.25) is 0 Å². The zero-order valence-corrected chi connectivity index (χ0v) is 15.8. The molecule has 3 N–H and O–H groups in total. The number of nitrogens with zero attached hydrogens (tertiary/aromatic N) is 1. The smallest absolute Gasteiger partial charge is 0.191 e. The van der Waals surface area contributed by atoms with Crippen LogP contribution in [0.15, 0.2) is 59.6 Å². The Balaban J connectivity index is 1.95. The summed E-state index contributed by atoms with van der Waals surface area (Å²) in [6, 6.07) is 17.6. The Labute approximate surface area is 156 Å². The van der Waals surface area contributed by atoms with Crippen LogP contribution in [0.5, 0.6) is 5.75 Å². The molecule has 2 rings (SSSR count). The van der Waals surface area contributed by atoms with Crippen molar-refractivity contribution in [3.05, 3.63) is 65.7 Å². The largest absolute Gasteiger partial charge is 0.491 e. The van der Waals surface area contributed by atoms with E-state index in [1.54, 1.807) is 0 Å². The lowest BCUT2D eigenvalue weighted by molar-refractivity contribution is 0.179. The third-order valence-corrected chi connectivity index (χ3v) is 3.68. The molecule has 2 aromatic rings. The maximum Gasteiger partial charge on any atom is 0.191 e. The molecule has 0 spiro atoms. The van der Waals surface area contributed by atoms with Crippen molar-refractivity contribution in [1.29, 1.82) is 0 Å². The molecule has 140 valence electrons. The molecular weight excluding hydrogens is 326 g/mol. The van der Waals surface area contributed by atoms with Crippen LogP contribution in [0.2, 0.25) is 0 Å². The molecule has 0 aliphatic heterocycles. The standard InChI is InChI=1S/C21H29N3O2/c1-4-22-21(23-14-17-9-6-5-7-10-17)24-15-20(25)18-11-8-12-19(13-18)26-16(2)3/h5-13,16,20,25H,4,14-15H2,1-3H3,(H2,22,23,24). The highest BCUT2D eigenvalue weighted by atomic mass is 16.5. The molecule has 0 saturated heterocycles. The fourth-order valence-electron chi connectivity index (χ4n) is 2.47. The highest BCUT2D eigenvalue weighted by Crippen LogP contribution is 2.19. The normalized spacial score (nSPS) is 12.7. The van der Waals surface area contributed by atoms with Crippen LogP contribution in [-0.4, -0.2) is 30.3 Å². The predicted molar refractivity (Wildman–Crippen MR) is 106 cm³/mol. The molecule has 1 unspecified atom stereocenters. The Kier molecular flexibility index (Phi) is 7.96. The van der Waals surface area contributed by atoms with Gasteiger partial charge in [-0.15, -0.1) is 0 Å². The van der Waals surface area contributed by atoms with Gasteiger partial charge in [-0.1, -0.05) is 42.5 Å². The van der Waals surface area contributed by atoms with E-state index in [1.807, 2.05) is 75.4 Å². The van der Waals surface area contributed by atoms with Gasteiger partial charge in [0.15, 0.2) is 5.96 Å². The van der Waals surface area contributed by atoms with Crippen molar-refractivity contribution < 1.29 is 9.84 Å². The van der Waals surface area contributed by atoms with E-state index in [0.717, 1.165) is 23.4 Å². The summed E-state index contributed by atoms with van der Waals surface area (Å²) in [6.07, 6.45) is -0.544. The van der Waals surface area contributed by atoms with Crippen LogP contribution in [0.25, 0.3) is 0 Å². The maximum atomic E-state index is 10.5. The van der Waals surface area contributed by atoms with E-state index in [4.69, 9.17) is 4.74 Å². The summed E-state index contributed by atoms with van der Waals surface area (Å²) in [4.78, 5) is 4.56. The van der Waals surface area contributed by atoms with Crippen molar-refractivity contribution in [1.82, 2.24) is 10.6 Å². The molecule has 26 heavy (non-hydrogen) atoms. The maximum absolute atomic E-state index is 10.5. The summed E-state index contributed by atoms with van der Waals surface area (Å²) < 4.78 is 5.69. The molecule has 0 saturated carbocycles. The second kappa shape index (κ2) is 10.5. The van der Waals surface area contributed by atoms with Crippen LogP contribution in [0.3, 0.4) is 0 Å². The first-order valence-corrected chi connectivity index (χ1v) is 9.09. The van der Waals surface area contributed by atoms with Gasteiger partial charge >= 0.3 is 0 Å². The fourth-order valence-corrected chi connectivity index (χ4v) is 2.47. The number of ether oxygens (including phenoxy) is 1. The topological polar surface area (TPSA) is 65.9 Å². The van der Waals surface area contributed by atoms with Crippen molar-refractivity contribution in [2.24, 2.45) is 4.99 Å². The summed E-state index contributed by atoms with van der Waals surface area (Å²) in [5.74, 6) is 1.45. The van der Waals surface area contributed by atoms with Crippen molar-refractivity contribution in [3.8, 4) is 5.75 Å². The van der Waals surface area contributed by atoms with Crippen LogP contribution in [-0.2, 0) is 6.54 Å². The third-order valence-electron chi connectivity index (χ3n) is 3.68. The van der Waals surface area contributed by atoms with E-state index in [0.29, 0.717) is 19.0 Å². The van der Waals surface area contributed by atoms with Gasteiger partial charge in [-0.25, -0.2) is 4.99 Å². The molecular formula is C21H29N3O2. The molecule has 0 bridgehead atoms. The van der Waals surface area contributed by atoms with E-state index in [1.165, 1.54) is 0 Å². The first kappa shape index (κ1) is 19.8. The van der Waals surface area contributed by atoms with Gasteiger partial charge in [0.25, 0.3) is 0 Å². The number of aliphatic hydroxyl groups is 1. The van der Waals surface area contributed by atoms with Crippen LogP contribution in [0, 0.1) is 0 Å². The molecule has 1 atom stereocenters. The molecule has 0 heterocycles. The van der Waals surface area contributed by atoms with E-state index in [2.05, 4.69) is 15.6 Å². The van der Waals surface area contributed by atoms with Crippen LogP contribution >= 0.6 is 0 Å². The molecule has 0 fully saturated rings. The molecule has 0 aliphatic carbocycles. The summed E-state index contributed by atoms with van der Waals surface area (Å²) in [5, 5.41) is 16.9. The number of hydrogen-bond acceptors (Lipinski definition) is 3. The van der Waals surface area contributed by atoms with Crippen molar-refractivity contribution in [2.75, 3.05) is 13.1 Å². The number of rotatable bonds is 8. The quantitative estimate of drug-likeness (QED) is 0.502. The lowest BCUT2D eigenvalue weighted by Crippen LogP contribution is -2.39. The summed E-state index contributed by atoms with van der Waals surface area (Å²) in [6.45, 7) is 7.69. The minimum atomic E-state index is -0.647. The number of hydrogen-bond donors (Lipinski definition) is 3. The third kappa shape index (κ3) is 6.76. The average Bonchev–Trinajstić information content (AvgIpc) is 2.64. The van der Waals surface area contributed by atoms with Crippen LogP contribution < -0.4 is 15.4 Å². The average molecular weight is 355 g/mol. The van der Waals surface area contributed by atoms with Gasteiger partial charge in [-0.2, -0.15) is 0 Å². The monoisotopic (exact) mass is 355 g/mol. The summed E-state index contributed by atoms with van der Waals surface area (Å²) in [7, 11) is 0. The van der Waals surface area contributed by atoms with E-state index in [9.17, 15) is 5.11 Å². The van der Waals surface area contributed by atoms with Crippen molar-refractivity contribution in [2.45, 2.75) is 39.5 Å². The number of aliphatic hydroxyl groups excluding tert-OH is 1. The highest BCUT2D eigenvalue weighted by molar-refractivity contribution is 5.79. The Hall–Kier alpha value is -2.53. The minimum Gasteiger partial charge on any atom is -0.491 e. The lowest BCUT2D eigenvalue weighted by atomic mass is 10.1. The van der Waals surface area contributed by atoms with E-state index in [-0.39, 0.29) is 6.10 Å². The number of benzene rings is 2. The summed E-state index contributed by atoms with van der Waals surface area (Å²) in [5.41, 5.74) is 1.96. The summed E-state index contributed by atoms with van der Waals surface area (Å²) >= 11 is 0. The Morgan fingerprint density at radius 1 is 1.08 bits per heavy atom. The zero-order valence-electron chi connectivity index (χ0n) is 15.8. The molecule has 0 radical (unpaired) electrons. The van der Waals surface area contributed by atoms with Gasteiger partial charge in [-0.05, 0) is 44.0 Å². The Morgan fingerprint density at radius 2 is 1.85 bits per heavy atom. The molecule has 0 aromatic heterocycles. The van der Waals surface area contributed by atoms with Crippen molar-refractivity contribution >= 4 is 5.96 Å². The van der Waals surface area contributed by atoms with Crippen molar-refractivity contribution in [3.63, 3.8) is 0 Å². The molecule has 0 aliphatic rings. The Morgan fingerprint density at radius 3 is 2.54 bits per heavy atom. The first-order chi connectivity index (χ1) is 12.6. The molecule has 2 aromatic carbocycles. The van der Waals surface area contributed by atoms with Gasteiger partial charge in [-0.3, -0.25) is 0 Å². The van der Waals surface area contributed by atoms with E-state index >= 15 is 0 Å². The number of nitrogens with one attached hydrogen (secondary N) is 2. The van der Waals surface area contributed by atoms with Crippen LogP contribution in [0.1, 0.15) is 38.0 Å². The number of aliphatic imine (C=N–C) groups is 1. The minimum absolute atomic E-state index is 0.103. The van der Waals surface area contributed by atoms with Crippen LogP contribution in [0.4, 0.5) is 0 Å². The molecule has 5 heteroatoms. The van der Waals surface area contributed by atoms with Gasteiger partial charge in [0.05, 0.1) is 18.8 Å². The molecule has 0 amide bonds.